The highest BCUT2D eigenvalue weighted by Crippen LogP contribution is 2.30. The number of fused-ring (bicyclic) bond motifs is 1. The molecule has 1 amide bonds. The van der Waals surface area contributed by atoms with Gasteiger partial charge in [-0.1, -0.05) is 28.9 Å². The molecule has 11 nitrogen and oxygen atoms in total. The minimum absolute atomic E-state index is 0.212. The van der Waals surface area contributed by atoms with Crippen molar-refractivity contribution in [3.8, 4) is 34.3 Å². The number of hydrogen-bond donors (Lipinski definition) is 1. The van der Waals surface area contributed by atoms with Gasteiger partial charge >= 0.3 is 5.69 Å². The molecule has 1 N–H and O–H groups in total. The van der Waals surface area contributed by atoms with Crippen molar-refractivity contribution in [2.45, 2.75) is 13.5 Å². The highest BCUT2D eigenvalue weighted by Gasteiger charge is 2.19. The predicted octanol–water partition coefficient (Wildman–Crippen LogP) is 3.18. The third kappa shape index (κ3) is 4.29. The zero-order valence-corrected chi connectivity index (χ0v) is 19.8. The fourth-order valence-corrected chi connectivity index (χ4v) is 3.79. The van der Waals surface area contributed by atoms with Gasteiger partial charge in [0.15, 0.2) is 17.1 Å². The molecule has 0 unspecified atom stereocenters. The van der Waals surface area contributed by atoms with Crippen molar-refractivity contribution in [3.05, 3.63) is 76.8 Å². The fraction of sp³-hybridized carbons (Fsp3) is 0.160. The lowest BCUT2D eigenvalue weighted by Crippen LogP contribution is -2.28. The third-order valence-corrected chi connectivity index (χ3v) is 5.50. The lowest BCUT2D eigenvalue weighted by Gasteiger charge is -2.10. The Kier molecular flexibility index (Phi) is 5.95. The summed E-state index contributed by atoms with van der Waals surface area (Å²) < 4.78 is 18.3. The summed E-state index contributed by atoms with van der Waals surface area (Å²) in [5.74, 6) is 1.20. The Labute approximate surface area is 204 Å². The smallest absolute Gasteiger partial charge is 0.350 e. The van der Waals surface area contributed by atoms with Crippen LogP contribution in [-0.4, -0.2) is 44.4 Å². The first-order valence-corrected chi connectivity index (χ1v) is 11.0. The monoisotopic (exact) mass is 486 g/mol. The third-order valence-electron chi connectivity index (χ3n) is 5.50. The predicted molar refractivity (Wildman–Crippen MR) is 131 cm³/mol. The van der Waals surface area contributed by atoms with Crippen LogP contribution < -0.4 is 20.5 Å². The standard InChI is InChI=1S/C25H22N6O5/c1-15-6-4-7-16(12-15)22-27-24(36-29-22)18-8-5-11-30-23(18)28-31(25(30)33)14-21(32)26-17-9-10-19(34-2)20(13-17)35-3/h4-13H,14H2,1-3H3,(H,26,32). The van der Waals surface area contributed by atoms with Crippen molar-refractivity contribution in [2.75, 3.05) is 19.5 Å². The van der Waals surface area contributed by atoms with Crippen LogP contribution in [0.1, 0.15) is 5.56 Å². The van der Waals surface area contributed by atoms with E-state index >= 15 is 0 Å². The quantitative estimate of drug-likeness (QED) is 0.372. The van der Waals surface area contributed by atoms with Crippen LogP contribution in [0.3, 0.4) is 0 Å². The Balaban J connectivity index is 1.42. The Morgan fingerprint density at radius 1 is 1.06 bits per heavy atom. The van der Waals surface area contributed by atoms with Gasteiger partial charge in [-0.05, 0) is 37.3 Å². The molecule has 0 saturated heterocycles. The van der Waals surface area contributed by atoms with E-state index in [1.165, 1.54) is 18.6 Å². The number of aromatic nitrogens is 5. The van der Waals surface area contributed by atoms with Crippen molar-refractivity contribution in [1.82, 2.24) is 24.3 Å². The highest BCUT2D eigenvalue weighted by atomic mass is 16.5. The first kappa shape index (κ1) is 22.8. The molecular weight excluding hydrogens is 464 g/mol. The van der Waals surface area contributed by atoms with Crippen LogP contribution in [0.2, 0.25) is 0 Å². The van der Waals surface area contributed by atoms with Gasteiger partial charge in [-0.25, -0.2) is 13.9 Å². The van der Waals surface area contributed by atoms with Gasteiger partial charge in [0.25, 0.3) is 5.89 Å². The van der Waals surface area contributed by atoms with Crippen molar-refractivity contribution in [3.63, 3.8) is 0 Å². The number of amides is 1. The summed E-state index contributed by atoms with van der Waals surface area (Å²) in [5, 5.41) is 11.2. The Hall–Kier alpha value is -4.93. The molecule has 11 heteroatoms. The largest absolute Gasteiger partial charge is 0.493 e. The van der Waals surface area contributed by atoms with Crippen LogP contribution in [0.5, 0.6) is 11.5 Å². The Morgan fingerprint density at radius 2 is 1.89 bits per heavy atom. The lowest BCUT2D eigenvalue weighted by atomic mass is 10.1. The first-order chi connectivity index (χ1) is 17.5. The van der Waals surface area contributed by atoms with Crippen LogP contribution >= 0.6 is 0 Å². The number of carbonyl (C=O) groups excluding carboxylic acids is 1. The molecule has 3 heterocycles. The van der Waals surface area contributed by atoms with Gasteiger partial charge in [-0.3, -0.25) is 4.79 Å². The molecule has 5 aromatic rings. The summed E-state index contributed by atoms with van der Waals surface area (Å²) >= 11 is 0. The van der Waals surface area contributed by atoms with E-state index in [0.717, 1.165) is 15.8 Å². The molecule has 36 heavy (non-hydrogen) atoms. The maximum Gasteiger partial charge on any atom is 0.350 e. The van der Waals surface area contributed by atoms with E-state index < -0.39 is 11.6 Å². The molecule has 0 fully saturated rings. The summed E-state index contributed by atoms with van der Waals surface area (Å²) in [6, 6.07) is 16.1. The molecule has 182 valence electrons. The second-order valence-electron chi connectivity index (χ2n) is 7.97. The number of hydrogen-bond acceptors (Lipinski definition) is 8. The second-order valence-corrected chi connectivity index (χ2v) is 7.97. The van der Waals surface area contributed by atoms with Crippen molar-refractivity contribution < 1.29 is 18.8 Å². The number of benzene rings is 2. The molecule has 0 radical (unpaired) electrons. The lowest BCUT2D eigenvalue weighted by molar-refractivity contribution is -0.117. The van der Waals surface area contributed by atoms with E-state index in [1.54, 1.807) is 36.5 Å². The Morgan fingerprint density at radius 3 is 2.67 bits per heavy atom. The van der Waals surface area contributed by atoms with E-state index in [2.05, 4.69) is 20.6 Å². The van der Waals surface area contributed by atoms with Crippen LogP contribution in [0.15, 0.2) is 70.1 Å². The van der Waals surface area contributed by atoms with Crippen LogP contribution in [-0.2, 0) is 11.3 Å². The minimum Gasteiger partial charge on any atom is -0.493 e. The molecule has 0 saturated carbocycles. The van der Waals surface area contributed by atoms with Gasteiger partial charge in [0.05, 0.1) is 19.8 Å². The average molecular weight is 486 g/mol. The second kappa shape index (κ2) is 9.37. The van der Waals surface area contributed by atoms with Gasteiger partial charge < -0.3 is 19.3 Å². The molecule has 0 atom stereocenters. The average Bonchev–Trinajstić information content (AvgIpc) is 3.49. The number of nitrogens with zero attached hydrogens (tertiary/aromatic N) is 5. The summed E-state index contributed by atoms with van der Waals surface area (Å²) in [4.78, 5) is 30.1. The van der Waals surface area contributed by atoms with Gasteiger partial charge in [0.2, 0.25) is 11.7 Å². The summed E-state index contributed by atoms with van der Waals surface area (Å²) in [6.07, 6.45) is 1.56. The summed E-state index contributed by atoms with van der Waals surface area (Å²) in [5.41, 5.74) is 2.66. The molecule has 3 aromatic heterocycles. The molecule has 0 bridgehead atoms. The number of pyridine rings is 1. The number of nitrogens with one attached hydrogen (secondary N) is 1. The summed E-state index contributed by atoms with van der Waals surface area (Å²) in [6.45, 7) is 1.68. The van der Waals surface area contributed by atoms with Gasteiger partial charge in [0, 0.05) is 23.5 Å². The van der Waals surface area contributed by atoms with Crippen molar-refractivity contribution in [2.24, 2.45) is 0 Å². The van der Waals surface area contributed by atoms with Crippen molar-refractivity contribution in [1.29, 1.82) is 0 Å². The topological polar surface area (TPSA) is 126 Å². The van der Waals surface area contributed by atoms with Gasteiger partial charge in [0.1, 0.15) is 6.54 Å². The Bertz CT molecular complexity index is 1630. The number of ether oxygens (including phenoxy) is 2. The molecule has 0 aliphatic carbocycles. The number of anilines is 1. The zero-order chi connectivity index (χ0) is 25.2. The van der Waals surface area contributed by atoms with E-state index in [1.807, 2.05) is 31.2 Å². The normalized spacial score (nSPS) is 11.0. The fourth-order valence-electron chi connectivity index (χ4n) is 3.79. The maximum absolute atomic E-state index is 12.9. The van der Waals surface area contributed by atoms with Crippen LogP contribution in [0.25, 0.3) is 28.5 Å². The highest BCUT2D eigenvalue weighted by molar-refractivity contribution is 5.91. The van der Waals surface area contributed by atoms with Gasteiger partial charge in [-0.2, -0.15) is 4.98 Å². The number of aryl methyl sites for hydroxylation is 1. The maximum atomic E-state index is 12.9. The molecule has 0 aliphatic heterocycles. The molecule has 5 rings (SSSR count). The van der Waals surface area contributed by atoms with Crippen LogP contribution in [0, 0.1) is 6.92 Å². The number of methoxy groups -OCH3 is 2. The van der Waals surface area contributed by atoms with Crippen LogP contribution in [0.4, 0.5) is 5.69 Å². The van der Waals surface area contributed by atoms with E-state index in [0.29, 0.717) is 34.2 Å². The SMILES string of the molecule is COc1ccc(NC(=O)Cn2nc3c(-c4nc(-c5cccc(C)c5)no4)cccn3c2=O)cc1OC. The zero-order valence-electron chi connectivity index (χ0n) is 19.8. The van der Waals surface area contributed by atoms with Gasteiger partial charge in [-0.15, -0.1) is 5.10 Å². The first-order valence-electron chi connectivity index (χ1n) is 11.0. The minimum atomic E-state index is -0.479. The molecule has 2 aromatic carbocycles. The van der Waals surface area contributed by atoms with E-state index in [4.69, 9.17) is 14.0 Å². The number of rotatable bonds is 7. The van der Waals surface area contributed by atoms with E-state index in [-0.39, 0.29) is 12.4 Å². The molecule has 0 spiro atoms. The summed E-state index contributed by atoms with van der Waals surface area (Å²) in [7, 11) is 3.03. The van der Waals surface area contributed by atoms with Crippen molar-refractivity contribution >= 4 is 17.2 Å². The molecule has 0 aliphatic rings. The molecular formula is C25H22N6O5. The van der Waals surface area contributed by atoms with E-state index in [9.17, 15) is 9.59 Å². The number of carbonyl (C=O) groups is 1.